The number of hydrogen-bond acceptors (Lipinski definition) is 6. The molecule has 1 fully saturated rings. The van der Waals surface area contributed by atoms with Gasteiger partial charge in [0.25, 0.3) is 5.91 Å². The Kier molecular flexibility index (Phi) is 6.07. The maximum Gasteiger partial charge on any atom is 0.273 e. The number of amides is 2. The number of hydrogen-bond donors (Lipinski definition) is 3. The normalized spacial score (nSPS) is 15.3. The molecular formula is C20H30N6O3. The van der Waals surface area contributed by atoms with Crippen molar-refractivity contribution in [1.29, 1.82) is 0 Å². The van der Waals surface area contributed by atoms with E-state index in [1.54, 1.807) is 38.6 Å². The molecular weight excluding hydrogens is 372 g/mol. The molecule has 2 aromatic heterocycles. The number of nitrogens with zero attached hydrogens (tertiary/aromatic N) is 3. The van der Waals surface area contributed by atoms with E-state index in [1.165, 1.54) is 0 Å². The fourth-order valence-corrected chi connectivity index (χ4v) is 3.27. The van der Waals surface area contributed by atoms with Gasteiger partial charge in [0.05, 0.1) is 28.5 Å². The molecule has 3 heterocycles. The van der Waals surface area contributed by atoms with Crippen molar-refractivity contribution in [1.82, 2.24) is 25.6 Å². The molecule has 2 aromatic rings. The third-order valence-corrected chi connectivity index (χ3v) is 5.03. The maximum atomic E-state index is 13.0. The lowest BCUT2D eigenvalue weighted by Gasteiger charge is -2.26. The number of fused-ring (bicyclic) bond motifs is 1. The van der Waals surface area contributed by atoms with Crippen LogP contribution < -0.4 is 16.2 Å². The molecule has 158 valence electrons. The monoisotopic (exact) mass is 402 g/mol. The van der Waals surface area contributed by atoms with Gasteiger partial charge < -0.3 is 10.1 Å². The Balaban J connectivity index is 1.97. The molecule has 0 bridgehead atoms. The first-order valence-corrected chi connectivity index (χ1v) is 10.0. The van der Waals surface area contributed by atoms with Crippen LogP contribution in [0.15, 0.2) is 6.20 Å². The fourth-order valence-electron chi connectivity index (χ4n) is 3.27. The van der Waals surface area contributed by atoms with Gasteiger partial charge in [-0.25, -0.2) is 9.67 Å². The summed E-state index contributed by atoms with van der Waals surface area (Å²) in [4.78, 5) is 29.8. The van der Waals surface area contributed by atoms with E-state index >= 15 is 0 Å². The molecule has 1 saturated heterocycles. The standard InChI is InChI=1S/C20H30N6O3/c1-6-26-17-14(11-21-26)16(23-13-7-9-29-10-8-13)15(12(2)22-17)18(27)24-25-19(28)20(3,4)5/h11,13H,6-10H2,1-5H3,(H,22,23)(H,24,27)(H,25,28). The summed E-state index contributed by atoms with van der Waals surface area (Å²) in [6.45, 7) is 11.2. The quantitative estimate of drug-likeness (QED) is 0.676. The number of ether oxygens (including phenoxy) is 1. The van der Waals surface area contributed by atoms with E-state index in [0.717, 1.165) is 23.9 Å². The Morgan fingerprint density at radius 2 is 1.93 bits per heavy atom. The first kappa shape index (κ1) is 21.0. The van der Waals surface area contributed by atoms with Crippen LogP contribution in [-0.2, 0) is 16.1 Å². The topological polar surface area (TPSA) is 110 Å². The number of aromatic nitrogens is 3. The summed E-state index contributed by atoms with van der Waals surface area (Å²) in [5.41, 5.74) is 6.84. The second-order valence-corrected chi connectivity index (χ2v) is 8.33. The van der Waals surface area contributed by atoms with Crippen molar-refractivity contribution in [3.63, 3.8) is 0 Å². The van der Waals surface area contributed by atoms with Crippen LogP contribution in [0.25, 0.3) is 11.0 Å². The lowest BCUT2D eigenvalue weighted by atomic mass is 9.96. The van der Waals surface area contributed by atoms with Gasteiger partial charge in [0.2, 0.25) is 5.91 Å². The predicted molar refractivity (Wildman–Crippen MR) is 110 cm³/mol. The molecule has 0 aromatic carbocycles. The SMILES string of the molecule is CCn1ncc2c(NC3CCOCC3)c(C(=O)NNC(=O)C(C)(C)C)c(C)nc21. The molecule has 1 aliphatic rings. The maximum absolute atomic E-state index is 13.0. The molecule has 0 atom stereocenters. The second kappa shape index (κ2) is 8.36. The van der Waals surface area contributed by atoms with E-state index in [4.69, 9.17) is 4.74 Å². The predicted octanol–water partition coefficient (Wildman–Crippen LogP) is 2.16. The number of hydrazine groups is 1. The largest absolute Gasteiger partial charge is 0.381 e. The number of nitrogens with one attached hydrogen (secondary N) is 3. The lowest BCUT2D eigenvalue weighted by Crippen LogP contribution is -2.47. The minimum Gasteiger partial charge on any atom is -0.381 e. The van der Waals surface area contributed by atoms with E-state index in [1.807, 2.05) is 6.92 Å². The minimum absolute atomic E-state index is 0.189. The van der Waals surface area contributed by atoms with Gasteiger partial charge in [-0.15, -0.1) is 0 Å². The van der Waals surface area contributed by atoms with E-state index in [-0.39, 0.29) is 11.9 Å². The highest BCUT2D eigenvalue weighted by atomic mass is 16.5. The van der Waals surface area contributed by atoms with Crippen molar-refractivity contribution in [3.8, 4) is 0 Å². The van der Waals surface area contributed by atoms with Crippen molar-refractivity contribution >= 4 is 28.5 Å². The molecule has 0 saturated carbocycles. The zero-order valence-electron chi connectivity index (χ0n) is 17.8. The molecule has 29 heavy (non-hydrogen) atoms. The van der Waals surface area contributed by atoms with Gasteiger partial charge in [-0.3, -0.25) is 20.4 Å². The van der Waals surface area contributed by atoms with Gasteiger partial charge in [-0.1, -0.05) is 20.8 Å². The summed E-state index contributed by atoms with van der Waals surface area (Å²) >= 11 is 0. The van der Waals surface area contributed by atoms with Crippen LogP contribution in [0.3, 0.4) is 0 Å². The van der Waals surface area contributed by atoms with Crippen LogP contribution in [0.4, 0.5) is 5.69 Å². The Labute approximate surface area is 170 Å². The van der Waals surface area contributed by atoms with Crippen LogP contribution in [0.2, 0.25) is 0 Å². The molecule has 3 N–H and O–H groups in total. The Morgan fingerprint density at radius 3 is 2.55 bits per heavy atom. The molecule has 9 nitrogen and oxygen atoms in total. The van der Waals surface area contributed by atoms with Crippen LogP contribution in [0.5, 0.6) is 0 Å². The van der Waals surface area contributed by atoms with Gasteiger partial charge in [0, 0.05) is 31.2 Å². The first-order chi connectivity index (χ1) is 13.7. The van der Waals surface area contributed by atoms with Crippen molar-refractivity contribution in [2.24, 2.45) is 5.41 Å². The lowest BCUT2D eigenvalue weighted by molar-refractivity contribution is -0.129. The van der Waals surface area contributed by atoms with Gasteiger partial charge in [-0.05, 0) is 26.7 Å². The van der Waals surface area contributed by atoms with Crippen LogP contribution >= 0.6 is 0 Å². The van der Waals surface area contributed by atoms with E-state index < -0.39 is 11.3 Å². The summed E-state index contributed by atoms with van der Waals surface area (Å²) in [5, 5.41) is 8.71. The number of pyridine rings is 1. The fraction of sp³-hybridized carbons (Fsp3) is 0.600. The van der Waals surface area contributed by atoms with Crippen molar-refractivity contribution in [2.75, 3.05) is 18.5 Å². The molecule has 0 spiro atoms. The molecule has 3 rings (SSSR count). The molecule has 9 heteroatoms. The summed E-state index contributed by atoms with van der Waals surface area (Å²) in [7, 11) is 0. The number of carbonyl (C=O) groups is 2. The van der Waals surface area contributed by atoms with Crippen LogP contribution in [0, 0.1) is 12.3 Å². The smallest absolute Gasteiger partial charge is 0.273 e. The van der Waals surface area contributed by atoms with Crippen molar-refractivity contribution < 1.29 is 14.3 Å². The Bertz CT molecular complexity index is 909. The average Bonchev–Trinajstić information content (AvgIpc) is 3.08. The highest BCUT2D eigenvalue weighted by Gasteiger charge is 2.26. The Hall–Kier alpha value is -2.68. The minimum atomic E-state index is -0.615. The third-order valence-electron chi connectivity index (χ3n) is 5.03. The zero-order chi connectivity index (χ0) is 21.2. The molecule has 1 aliphatic heterocycles. The summed E-state index contributed by atoms with van der Waals surface area (Å²) in [6.07, 6.45) is 3.44. The summed E-state index contributed by atoms with van der Waals surface area (Å²) in [6, 6.07) is 0.189. The highest BCUT2D eigenvalue weighted by Crippen LogP contribution is 2.30. The molecule has 0 radical (unpaired) electrons. The number of carbonyl (C=O) groups excluding carboxylic acids is 2. The zero-order valence-corrected chi connectivity index (χ0v) is 17.8. The van der Waals surface area contributed by atoms with Gasteiger partial charge in [-0.2, -0.15) is 5.10 Å². The number of rotatable bonds is 4. The van der Waals surface area contributed by atoms with Crippen LogP contribution in [-0.4, -0.2) is 45.8 Å². The van der Waals surface area contributed by atoms with E-state index in [9.17, 15) is 9.59 Å². The Morgan fingerprint density at radius 1 is 1.24 bits per heavy atom. The first-order valence-electron chi connectivity index (χ1n) is 10.0. The number of anilines is 1. The number of aryl methyl sites for hydroxylation is 2. The van der Waals surface area contributed by atoms with Gasteiger partial charge in [0.15, 0.2) is 5.65 Å². The molecule has 0 unspecified atom stereocenters. The second-order valence-electron chi connectivity index (χ2n) is 8.33. The van der Waals surface area contributed by atoms with E-state index in [2.05, 4.69) is 26.3 Å². The van der Waals surface area contributed by atoms with Crippen LogP contribution in [0.1, 0.15) is 56.6 Å². The van der Waals surface area contributed by atoms with Gasteiger partial charge >= 0.3 is 0 Å². The highest BCUT2D eigenvalue weighted by molar-refractivity contribution is 6.08. The average molecular weight is 402 g/mol. The van der Waals surface area contributed by atoms with E-state index in [0.29, 0.717) is 36.7 Å². The van der Waals surface area contributed by atoms with Gasteiger partial charge in [0.1, 0.15) is 0 Å². The van der Waals surface area contributed by atoms with Crippen molar-refractivity contribution in [2.45, 2.75) is 60.0 Å². The molecule has 0 aliphatic carbocycles. The third kappa shape index (κ3) is 4.50. The molecule has 2 amide bonds. The summed E-state index contributed by atoms with van der Waals surface area (Å²) < 4.78 is 7.26. The van der Waals surface area contributed by atoms with Crippen molar-refractivity contribution in [3.05, 3.63) is 17.5 Å². The summed E-state index contributed by atoms with van der Waals surface area (Å²) in [5.74, 6) is -0.677.